The van der Waals surface area contributed by atoms with Gasteiger partial charge in [0.1, 0.15) is 5.70 Å². The first kappa shape index (κ1) is 11.3. The molecule has 0 atom stereocenters. The SMILES string of the molecule is CN=C/C(CCl)=C(\N)C(F)(F)F. The number of hydrogen-bond donors (Lipinski definition) is 1. The van der Waals surface area contributed by atoms with Gasteiger partial charge in [-0.1, -0.05) is 0 Å². The lowest BCUT2D eigenvalue weighted by Crippen LogP contribution is -2.22. The first-order valence-corrected chi connectivity index (χ1v) is 3.51. The molecule has 0 heterocycles. The molecule has 0 bridgehead atoms. The van der Waals surface area contributed by atoms with E-state index in [1.54, 1.807) is 0 Å². The number of alkyl halides is 4. The number of allylic oxidation sites excluding steroid dienone is 2. The molecule has 0 saturated heterocycles. The summed E-state index contributed by atoms with van der Waals surface area (Å²) in [6, 6.07) is 0. The summed E-state index contributed by atoms with van der Waals surface area (Å²) in [6.07, 6.45) is -3.54. The largest absolute Gasteiger partial charge is 0.431 e. The van der Waals surface area contributed by atoms with E-state index in [4.69, 9.17) is 17.3 Å². The van der Waals surface area contributed by atoms with Crippen LogP contribution in [0.2, 0.25) is 0 Å². The average Bonchev–Trinajstić information content (AvgIpc) is 1.97. The number of aliphatic imine (C=N–C) groups is 1. The van der Waals surface area contributed by atoms with Gasteiger partial charge in [0.05, 0.1) is 5.88 Å². The van der Waals surface area contributed by atoms with Crippen molar-refractivity contribution in [3.05, 3.63) is 11.3 Å². The van der Waals surface area contributed by atoms with E-state index in [9.17, 15) is 13.2 Å². The maximum atomic E-state index is 11.9. The quantitative estimate of drug-likeness (QED) is 0.535. The molecule has 0 aromatic rings. The molecule has 0 aromatic carbocycles. The summed E-state index contributed by atoms with van der Waals surface area (Å²) in [5, 5.41) is 0. The van der Waals surface area contributed by atoms with Crippen molar-refractivity contribution in [2.45, 2.75) is 6.18 Å². The van der Waals surface area contributed by atoms with Gasteiger partial charge in [-0.3, -0.25) is 4.99 Å². The highest BCUT2D eigenvalue weighted by Crippen LogP contribution is 2.23. The van der Waals surface area contributed by atoms with Crippen LogP contribution in [0.1, 0.15) is 0 Å². The molecule has 2 nitrogen and oxygen atoms in total. The molecule has 0 aliphatic rings. The highest BCUT2D eigenvalue weighted by molar-refractivity contribution is 6.21. The molecule has 12 heavy (non-hydrogen) atoms. The van der Waals surface area contributed by atoms with Crippen molar-refractivity contribution in [3.63, 3.8) is 0 Å². The summed E-state index contributed by atoms with van der Waals surface area (Å²) in [4.78, 5) is 3.39. The zero-order valence-electron chi connectivity index (χ0n) is 6.32. The first-order valence-electron chi connectivity index (χ1n) is 2.97. The van der Waals surface area contributed by atoms with Crippen LogP contribution < -0.4 is 5.73 Å². The van der Waals surface area contributed by atoms with Crippen molar-refractivity contribution in [1.29, 1.82) is 0 Å². The molecule has 0 fully saturated rings. The van der Waals surface area contributed by atoms with Crippen molar-refractivity contribution in [1.82, 2.24) is 0 Å². The fraction of sp³-hybridized carbons (Fsp3) is 0.500. The van der Waals surface area contributed by atoms with Crippen molar-refractivity contribution in [2.24, 2.45) is 10.7 Å². The number of hydrogen-bond acceptors (Lipinski definition) is 2. The van der Waals surface area contributed by atoms with Gasteiger partial charge in [0, 0.05) is 18.8 Å². The van der Waals surface area contributed by atoms with E-state index in [1.807, 2.05) is 0 Å². The predicted molar refractivity (Wildman–Crippen MR) is 42.4 cm³/mol. The Morgan fingerprint density at radius 3 is 2.33 bits per heavy atom. The highest BCUT2D eigenvalue weighted by atomic mass is 35.5. The number of rotatable bonds is 2. The third-order valence-electron chi connectivity index (χ3n) is 1.08. The molecule has 0 aliphatic carbocycles. The monoisotopic (exact) mass is 200 g/mol. The molecule has 2 N–H and O–H groups in total. The smallest absolute Gasteiger partial charge is 0.394 e. The average molecular weight is 201 g/mol. The fourth-order valence-corrected chi connectivity index (χ4v) is 0.727. The van der Waals surface area contributed by atoms with Crippen LogP contribution in [-0.4, -0.2) is 25.3 Å². The second kappa shape index (κ2) is 4.35. The van der Waals surface area contributed by atoms with Crippen LogP contribution in [-0.2, 0) is 0 Å². The molecule has 6 heteroatoms. The van der Waals surface area contributed by atoms with Crippen molar-refractivity contribution >= 4 is 17.8 Å². The Kier molecular flexibility index (Phi) is 4.09. The van der Waals surface area contributed by atoms with Gasteiger partial charge in [0.25, 0.3) is 0 Å². The van der Waals surface area contributed by atoms with Gasteiger partial charge < -0.3 is 5.73 Å². The summed E-state index contributed by atoms with van der Waals surface area (Å²) in [6.45, 7) is 0. The van der Waals surface area contributed by atoms with Gasteiger partial charge in [0.15, 0.2) is 0 Å². The molecule has 0 radical (unpaired) electrons. The Labute approximate surface area is 72.9 Å². The minimum Gasteiger partial charge on any atom is -0.394 e. The topological polar surface area (TPSA) is 38.4 Å². The Morgan fingerprint density at radius 2 is 2.08 bits per heavy atom. The van der Waals surface area contributed by atoms with Crippen molar-refractivity contribution in [3.8, 4) is 0 Å². The zero-order chi connectivity index (χ0) is 9.78. The lowest BCUT2D eigenvalue weighted by atomic mass is 10.2. The normalized spacial score (nSPS) is 15.1. The van der Waals surface area contributed by atoms with E-state index < -0.39 is 11.9 Å². The molecule has 0 aliphatic heterocycles. The lowest BCUT2D eigenvalue weighted by molar-refractivity contribution is -0.0931. The van der Waals surface area contributed by atoms with Gasteiger partial charge in [-0.2, -0.15) is 13.2 Å². The molecule has 0 spiro atoms. The van der Waals surface area contributed by atoms with Gasteiger partial charge in [-0.25, -0.2) is 0 Å². The summed E-state index contributed by atoms with van der Waals surface area (Å²) in [5.41, 5.74) is 3.36. The Hall–Kier alpha value is -0.710. The van der Waals surface area contributed by atoms with Crippen LogP contribution in [0.25, 0.3) is 0 Å². The Bertz CT molecular complexity index is 207. The minimum absolute atomic E-state index is 0.216. The summed E-state index contributed by atoms with van der Waals surface area (Å²) in [7, 11) is 1.34. The third kappa shape index (κ3) is 3.13. The first-order chi connectivity index (χ1) is 5.43. The summed E-state index contributed by atoms with van der Waals surface area (Å²) in [5.74, 6) is -0.303. The molecular weight excluding hydrogens is 193 g/mol. The molecule has 0 unspecified atom stereocenters. The maximum absolute atomic E-state index is 11.9. The Morgan fingerprint density at radius 1 is 1.58 bits per heavy atom. The fourth-order valence-electron chi connectivity index (χ4n) is 0.514. The highest BCUT2D eigenvalue weighted by Gasteiger charge is 2.33. The van der Waals surface area contributed by atoms with Gasteiger partial charge in [-0.05, 0) is 0 Å². The maximum Gasteiger partial charge on any atom is 0.431 e. The van der Waals surface area contributed by atoms with E-state index in [0.29, 0.717) is 0 Å². The standard InChI is InChI=1S/C6H8ClF3N2/c1-12-3-4(2-7)5(11)6(8,9)10/h3H,2,11H2,1H3/b5-4-,12-3?. The van der Waals surface area contributed by atoms with Gasteiger partial charge >= 0.3 is 6.18 Å². The van der Waals surface area contributed by atoms with Gasteiger partial charge in [-0.15, -0.1) is 11.6 Å². The van der Waals surface area contributed by atoms with E-state index in [2.05, 4.69) is 4.99 Å². The van der Waals surface area contributed by atoms with E-state index in [-0.39, 0.29) is 11.5 Å². The second-order valence-electron chi connectivity index (χ2n) is 1.96. The number of nitrogens with two attached hydrogens (primary N) is 1. The van der Waals surface area contributed by atoms with E-state index in [1.165, 1.54) is 7.05 Å². The Balaban J connectivity index is 4.85. The molecule has 0 amide bonds. The zero-order valence-corrected chi connectivity index (χ0v) is 7.08. The van der Waals surface area contributed by atoms with Crippen LogP contribution in [0, 0.1) is 0 Å². The molecule has 0 rings (SSSR count). The number of nitrogens with zero attached hydrogens (tertiary/aromatic N) is 1. The molecular formula is C6H8ClF3N2. The van der Waals surface area contributed by atoms with Crippen LogP contribution in [0.15, 0.2) is 16.3 Å². The number of halogens is 4. The van der Waals surface area contributed by atoms with Gasteiger partial charge in [0.2, 0.25) is 0 Å². The predicted octanol–water partition coefficient (Wildman–Crippen LogP) is 1.70. The van der Waals surface area contributed by atoms with Crippen LogP contribution in [0.3, 0.4) is 0 Å². The second-order valence-corrected chi connectivity index (χ2v) is 2.22. The molecule has 0 saturated carbocycles. The van der Waals surface area contributed by atoms with E-state index >= 15 is 0 Å². The summed E-state index contributed by atoms with van der Waals surface area (Å²) >= 11 is 5.22. The summed E-state index contributed by atoms with van der Waals surface area (Å²) < 4.78 is 35.7. The van der Waals surface area contributed by atoms with Crippen LogP contribution >= 0.6 is 11.6 Å². The molecule has 70 valence electrons. The third-order valence-corrected chi connectivity index (χ3v) is 1.37. The van der Waals surface area contributed by atoms with Crippen LogP contribution in [0.4, 0.5) is 13.2 Å². The lowest BCUT2D eigenvalue weighted by Gasteiger charge is -2.08. The minimum atomic E-state index is -4.54. The molecule has 0 aromatic heterocycles. The van der Waals surface area contributed by atoms with Crippen molar-refractivity contribution < 1.29 is 13.2 Å². The van der Waals surface area contributed by atoms with Crippen molar-refractivity contribution in [2.75, 3.05) is 12.9 Å². The van der Waals surface area contributed by atoms with Crippen LogP contribution in [0.5, 0.6) is 0 Å². The van der Waals surface area contributed by atoms with E-state index in [0.717, 1.165) is 6.21 Å².